The summed E-state index contributed by atoms with van der Waals surface area (Å²) in [5.41, 5.74) is 0.491. The van der Waals surface area contributed by atoms with Crippen molar-refractivity contribution < 1.29 is 14.5 Å². The van der Waals surface area contributed by atoms with Crippen LogP contribution in [-0.2, 0) is 10.3 Å². The largest absolute Gasteiger partial charge is 0.550 e. The molecule has 0 saturated heterocycles. The molecule has 1 heterocycles. The summed E-state index contributed by atoms with van der Waals surface area (Å²) in [5.74, 6) is 2.02. The normalized spacial score (nSPS) is 34.3. The molecule has 0 amide bonds. The van der Waals surface area contributed by atoms with Crippen LogP contribution in [0.5, 0.6) is 0 Å². The molecular formula is C27H44N2O2. The van der Waals surface area contributed by atoms with Gasteiger partial charge in [-0.1, -0.05) is 44.9 Å². The molecule has 31 heavy (non-hydrogen) atoms. The summed E-state index contributed by atoms with van der Waals surface area (Å²) in [6.07, 6.45) is 32.4. The third-order valence-corrected chi connectivity index (χ3v) is 8.71. The quantitative estimate of drug-likeness (QED) is 0.600. The first kappa shape index (κ1) is 22.9. The van der Waals surface area contributed by atoms with Gasteiger partial charge in [-0.25, -0.2) is 9.13 Å². The molecule has 5 aliphatic carbocycles. The molecule has 0 aromatic carbocycles. The maximum Gasteiger partial charge on any atom is 0.244 e. The van der Waals surface area contributed by atoms with Crippen LogP contribution in [0.25, 0.3) is 0 Å². The minimum atomic E-state index is -1.08. The Labute approximate surface area is 189 Å². The third-order valence-electron chi connectivity index (χ3n) is 8.71. The Balaban J connectivity index is 0.000000535. The van der Waals surface area contributed by atoms with Gasteiger partial charge in [0.25, 0.3) is 0 Å². The van der Waals surface area contributed by atoms with E-state index in [2.05, 4.69) is 27.9 Å². The van der Waals surface area contributed by atoms with Crippen molar-refractivity contribution in [1.82, 2.24) is 4.57 Å². The van der Waals surface area contributed by atoms with Gasteiger partial charge < -0.3 is 9.90 Å². The fourth-order valence-corrected chi connectivity index (χ4v) is 7.69. The molecule has 174 valence electrons. The van der Waals surface area contributed by atoms with Crippen molar-refractivity contribution in [1.29, 1.82) is 0 Å². The van der Waals surface area contributed by atoms with Crippen LogP contribution in [0.1, 0.15) is 122 Å². The number of imidazole rings is 1. The summed E-state index contributed by atoms with van der Waals surface area (Å²) >= 11 is 0. The van der Waals surface area contributed by atoms with Crippen LogP contribution in [0.15, 0.2) is 18.7 Å². The van der Waals surface area contributed by atoms with E-state index in [1.54, 1.807) is 19.3 Å². The Morgan fingerprint density at radius 3 is 1.71 bits per heavy atom. The van der Waals surface area contributed by atoms with Gasteiger partial charge in [0.2, 0.25) is 6.33 Å². The fourth-order valence-electron chi connectivity index (χ4n) is 7.69. The van der Waals surface area contributed by atoms with Crippen molar-refractivity contribution >= 4 is 5.97 Å². The average molecular weight is 429 g/mol. The van der Waals surface area contributed by atoms with Gasteiger partial charge in [-0.05, 0) is 88.9 Å². The molecule has 5 aliphatic rings. The number of carboxylic acid groups (broad SMARTS) is 1. The first-order chi connectivity index (χ1) is 15.0. The second kappa shape index (κ2) is 10.5. The van der Waals surface area contributed by atoms with Crippen LogP contribution in [0.2, 0.25) is 0 Å². The molecule has 1 aromatic heterocycles. The summed E-state index contributed by atoms with van der Waals surface area (Å²) in [4.78, 5) is 8.89. The summed E-state index contributed by atoms with van der Waals surface area (Å²) < 4.78 is 5.33. The van der Waals surface area contributed by atoms with E-state index in [-0.39, 0.29) is 0 Å². The second-order valence-electron chi connectivity index (χ2n) is 11.3. The maximum atomic E-state index is 8.89. The van der Waals surface area contributed by atoms with Crippen molar-refractivity contribution in [3.05, 3.63) is 18.7 Å². The van der Waals surface area contributed by atoms with E-state index in [0.29, 0.717) is 5.54 Å². The molecule has 0 N–H and O–H groups in total. The number of aliphatic carboxylic acids is 1. The Hall–Kier alpha value is -1.32. The van der Waals surface area contributed by atoms with E-state index < -0.39 is 5.97 Å². The van der Waals surface area contributed by atoms with Crippen LogP contribution in [0.4, 0.5) is 0 Å². The zero-order chi connectivity index (χ0) is 21.7. The van der Waals surface area contributed by atoms with E-state index in [4.69, 9.17) is 9.90 Å². The van der Waals surface area contributed by atoms with Crippen LogP contribution in [0.3, 0.4) is 0 Å². The zero-order valence-electron chi connectivity index (χ0n) is 19.8. The molecule has 4 bridgehead atoms. The number of hydrogen-bond donors (Lipinski definition) is 0. The highest BCUT2D eigenvalue weighted by atomic mass is 16.4. The number of hydrogen-bond acceptors (Lipinski definition) is 2. The molecule has 6 rings (SSSR count). The molecule has 4 nitrogen and oxygen atoms in total. The van der Waals surface area contributed by atoms with Crippen LogP contribution in [0, 0.1) is 17.8 Å². The van der Waals surface area contributed by atoms with Gasteiger partial charge >= 0.3 is 0 Å². The number of carbonyl (C=O) groups is 1. The number of rotatable bonds is 2. The van der Waals surface area contributed by atoms with Crippen molar-refractivity contribution in [3.63, 3.8) is 0 Å². The lowest BCUT2D eigenvalue weighted by atomic mass is 9.53. The first-order valence-electron chi connectivity index (χ1n) is 13.3. The van der Waals surface area contributed by atoms with E-state index in [1.807, 2.05) is 0 Å². The van der Waals surface area contributed by atoms with Crippen LogP contribution in [-0.4, -0.2) is 10.5 Å². The highest BCUT2D eigenvalue weighted by Crippen LogP contribution is 2.58. The van der Waals surface area contributed by atoms with Gasteiger partial charge in [0.15, 0.2) is 0 Å². The van der Waals surface area contributed by atoms with Crippen LogP contribution >= 0.6 is 0 Å². The van der Waals surface area contributed by atoms with Gasteiger partial charge in [0.05, 0.1) is 0 Å². The van der Waals surface area contributed by atoms with E-state index in [9.17, 15) is 0 Å². The zero-order valence-corrected chi connectivity index (χ0v) is 19.8. The van der Waals surface area contributed by atoms with Gasteiger partial charge in [0.1, 0.15) is 24.0 Å². The molecule has 0 aliphatic heterocycles. The summed E-state index contributed by atoms with van der Waals surface area (Å²) in [5, 5.41) is 8.89. The first-order valence-corrected chi connectivity index (χ1v) is 13.3. The lowest BCUT2D eigenvalue weighted by Crippen LogP contribution is -2.52. The standard InChI is InChI=1S/C25H41N2.C2H4O2/c1-2-4-6-8-10-24(11-9-7-5-3-1)26-12-13-27(20-26)25-17-21-14-22(18-25)16-23(15-21)19-25;1-2(3)4/h12-13,20-24H,1-11,14-19H2;1H3,(H,3,4)/q+1;/p-1. The van der Waals surface area contributed by atoms with E-state index in [0.717, 1.165) is 30.7 Å². The van der Waals surface area contributed by atoms with E-state index in [1.165, 1.54) is 89.9 Å². The molecule has 5 fully saturated rings. The number of nitrogens with zero attached hydrogens (tertiary/aromatic N) is 2. The predicted molar refractivity (Wildman–Crippen MR) is 121 cm³/mol. The minimum Gasteiger partial charge on any atom is -0.550 e. The van der Waals surface area contributed by atoms with E-state index >= 15 is 0 Å². The fraction of sp³-hybridized carbons (Fsp3) is 0.852. The van der Waals surface area contributed by atoms with Crippen molar-refractivity contribution in [2.45, 2.75) is 128 Å². The second-order valence-corrected chi connectivity index (χ2v) is 11.3. The Morgan fingerprint density at radius 2 is 1.26 bits per heavy atom. The molecule has 1 aromatic rings. The smallest absolute Gasteiger partial charge is 0.244 e. The number of carbonyl (C=O) groups excluding carboxylic acids is 1. The highest BCUT2D eigenvalue weighted by molar-refractivity contribution is 5.60. The Morgan fingerprint density at radius 1 is 0.839 bits per heavy atom. The SMILES string of the molecule is CC(=O)[O-].c1c[n+](C2CCCCCCCCCCC2)cn1C12CC3CC(CC(C3)C1)C2. The summed E-state index contributed by atoms with van der Waals surface area (Å²) in [6.45, 7) is 0.972. The monoisotopic (exact) mass is 428 g/mol. The lowest BCUT2D eigenvalue weighted by molar-refractivity contribution is -0.724. The topological polar surface area (TPSA) is 48.9 Å². The predicted octanol–water partition coefficient (Wildman–Crippen LogP) is 5.30. The van der Waals surface area contributed by atoms with Gasteiger partial charge in [-0.15, -0.1) is 0 Å². The van der Waals surface area contributed by atoms with Gasteiger partial charge in [0, 0.05) is 5.97 Å². The molecule has 0 atom stereocenters. The maximum absolute atomic E-state index is 8.89. The average Bonchev–Trinajstić information content (AvgIpc) is 3.18. The summed E-state index contributed by atoms with van der Waals surface area (Å²) in [6, 6.07) is 0.750. The van der Waals surface area contributed by atoms with Gasteiger partial charge in [-0.2, -0.15) is 0 Å². The molecular weight excluding hydrogens is 384 g/mol. The Kier molecular flexibility index (Phi) is 7.77. The number of carboxylic acids is 1. The molecule has 0 unspecified atom stereocenters. The minimum absolute atomic E-state index is 0.491. The number of aromatic nitrogens is 2. The van der Waals surface area contributed by atoms with Crippen molar-refractivity contribution in [2.75, 3.05) is 0 Å². The molecule has 0 radical (unpaired) electrons. The van der Waals surface area contributed by atoms with Gasteiger partial charge in [-0.3, -0.25) is 0 Å². The van der Waals surface area contributed by atoms with Crippen molar-refractivity contribution in [2.24, 2.45) is 17.8 Å². The highest BCUT2D eigenvalue weighted by Gasteiger charge is 2.54. The molecule has 0 spiro atoms. The third kappa shape index (κ3) is 5.93. The summed E-state index contributed by atoms with van der Waals surface area (Å²) in [7, 11) is 0. The Bertz CT molecular complexity index is 659. The van der Waals surface area contributed by atoms with Crippen LogP contribution < -0.4 is 9.67 Å². The molecule has 4 heteroatoms. The lowest BCUT2D eigenvalue weighted by Gasteiger charge is -2.54. The van der Waals surface area contributed by atoms with Crippen molar-refractivity contribution in [3.8, 4) is 0 Å². The molecule has 5 saturated carbocycles.